The molecular formula is C54H37ClF12N8O6. The molecule has 2 saturated heterocycles. The van der Waals surface area contributed by atoms with Crippen molar-refractivity contribution in [2.45, 2.75) is 12.4 Å². The minimum Gasteiger partial charge on any atom is -0.396 e. The molecule has 2 aromatic heterocycles. The number of nitrogens with two attached hydrogens (primary N) is 1. The Morgan fingerprint density at radius 1 is 0.519 bits per heavy atom. The molecule has 3 N–H and O–H groups in total. The van der Waals surface area contributed by atoms with Gasteiger partial charge in [-0.3, -0.25) is 29.1 Å². The molecule has 2 fully saturated rings. The number of benzene rings is 6. The second-order valence-electron chi connectivity index (χ2n) is 17.5. The van der Waals surface area contributed by atoms with Gasteiger partial charge in [0.05, 0.1) is 94.5 Å². The zero-order valence-electron chi connectivity index (χ0n) is 41.2. The summed E-state index contributed by atoms with van der Waals surface area (Å²) >= 11 is 5.02. The summed E-state index contributed by atoms with van der Waals surface area (Å²) in [6.45, 7) is 4.54. The lowest BCUT2D eigenvalue weighted by Gasteiger charge is -2.27. The third-order valence-electron chi connectivity index (χ3n) is 12.2. The molecule has 0 saturated carbocycles. The summed E-state index contributed by atoms with van der Waals surface area (Å²) in [5, 5.41) is 1.02. The van der Waals surface area contributed by atoms with Crippen LogP contribution in [-0.4, -0.2) is 95.3 Å². The number of aromatic nitrogens is 4. The number of rotatable bonds is 9. The van der Waals surface area contributed by atoms with Gasteiger partial charge in [0, 0.05) is 60.6 Å². The fraction of sp³-hybridized carbons (Fsp3) is 0.185. The van der Waals surface area contributed by atoms with Crippen LogP contribution in [0.3, 0.4) is 0 Å². The molecule has 0 atom stereocenters. The van der Waals surface area contributed by atoms with Gasteiger partial charge in [-0.2, -0.15) is 26.3 Å². The molecule has 0 bridgehead atoms. The van der Waals surface area contributed by atoms with Gasteiger partial charge in [0.15, 0.2) is 46.5 Å². The molecule has 1 amide bonds. The van der Waals surface area contributed by atoms with E-state index in [0.29, 0.717) is 99.0 Å². The molecule has 0 spiro atoms. The molecule has 6 aromatic carbocycles. The number of anilines is 4. The minimum atomic E-state index is -4.75. The van der Waals surface area contributed by atoms with E-state index in [0.717, 1.165) is 36.4 Å². The van der Waals surface area contributed by atoms with Gasteiger partial charge in [0.1, 0.15) is 11.6 Å². The Bertz CT molecular complexity index is 3720. The summed E-state index contributed by atoms with van der Waals surface area (Å²) in [6, 6.07) is 16.1. The van der Waals surface area contributed by atoms with Crippen LogP contribution < -0.4 is 20.9 Å². The van der Waals surface area contributed by atoms with Crippen molar-refractivity contribution in [3.05, 3.63) is 189 Å². The molecule has 10 rings (SSSR count). The third-order valence-corrected chi connectivity index (χ3v) is 12.4. The van der Waals surface area contributed by atoms with Gasteiger partial charge in [0.2, 0.25) is 0 Å². The van der Waals surface area contributed by atoms with Crippen molar-refractivity contribution < 1.29 is 81.3 Å². The van der Waals surface area contributed by atoms with E-state index < -0.39 is 109 Å². The highest BCUT2D eigenvalue weighted by molar-refractivity contribution is 6.67. The number of ether oxygens (including phenoxy) is 2. The van der Waals surface area contributed by atoms with E-state index in [1.807, 2.05) is 15.1 Å². The van der Waals surface area contributed by atoms with E-state index in [9.17, 15) is 67.5 Å². The van der Waals surface area contributed by atoms with Crippen molar-refractivity contribution in [3.8, 4) is 0 Å². The summed E-state index contributed by atoms with van der Waals surface area (Å²) in [5.41, 5.74) is -0.0373. The zero-order chi connectivity index (χ0) is 58.5. The summed E-state index contributed by atoms with van der Waals surface area (Å²) in [4.78, 5) is 70.3. The van der Waals surface area contributed by atoms with E-state index in [4.69, 9.17) is 26.8 Å². The molecule has 420 valence electrons. The predicted octanol–water partition coefficient (Wildman–Crippen LogP) is 11.2. The van der Waals surface area contributed by atoms with Gasteiger partial charge in [-0.05, 0) is 78.3 Å². The first-order chi connectivity index (χ1) is 38.4. The number of nitrogens with one attached hydrogen (secondary N) is 1. The number of nitrogen functional groups attached to an aromatic ring is 1. The highest BCUT2D eigenvalue weighted by atomic mass is 35.5. The number of amides is 1. The van der Waals surface area contributed by atoms with Crippen molar-refractivity contribution in [1.29, 1.82) is 0 Å². The maximum atomic E-state index is 15.3. The smallest absolute Gasteiger partial charge is 0.396 e. The normalized spacial score (nSPS) is 13.7. The molecule has 14 nitrogen and oxygen atoms in total. The molecule has 27 heteroatoms. The number of carbonyl (C=O) groups is 4. The van der Waals surface area contributed by atoms with Crippen LogP contribution in [-0.2, 0) is 21.8 Å². The first-order valence-corrected chi connectivity index (χ1v) is 24.0. The van der Waals surface area contributed by atoms with E-state index in [2.05, 4.69) is 19.9 Å². The Balaban J connectivity index is 0.000000181. The Hall–Kier alpha value is -8.75. The highest BCUT2D eigenvalue weighted by Gasteiger charge is 2.33. The van der Waals surface area contributed by atoms with Crippen molar-refractivity contribution in [3.63, 3.8) is 0 Å². The Kier molecular flexibility index (Phi) is 17.5. The molecular weight excluding hydrogens is 1120 g/mol. The maximum Gasteiger partial charge on any atom is 0.416 e. The predicted molar refractivity (Wildman–Crippen MR) is 270 cm³/mol. The zero-order valence-corrected chi connectivity index (χ0v) is 41.9. The molecule has 0 unspecified atom stereocenters. The van der Waals surface area contributed by atoms with Gasteiger partial charge in [0.25, 0.3) is 11.1 Å². The number of hydrogen-bond acceptors (Lipinski definition) is 13. The molecule has 0 aliphatic carbocycles. The van der Waals surface area contributed by atoms with Crippen molar-refractivity contribution in [1.82, 2.24) is 19.9 Å². The van der Waals surface area contributed by atoms with Crippen molar-refractivity contribution >= 4 is 79.4 Å². The topological polar surface area (TPSA) is 183 Å². The van der Waals surface area contributed by atoms with E-state index in [-0.39, 0.29) is 22.2 Å². The van der Waals surface area contributed by atoms with Crippen LogP contribution in [0.2, 0.25) is 0 Å². The number of fused-ring (bicyclic) bond motifs is 2. The first kappa shape index (κ1) is 58.4. The monoisotopic (exact) mass is 1160 g/mol. The molecule has 0 radical (unpaired) electrons. The Morgan fingerprint density at radius 3 is 1.41 bits per heavy atom. The van der Waals surface area contributed by atoms with E-state index in [1.165, 1.54) is 42.5 Å². The Morgan fingerprint density at radius 2 is 0.951 bits per heavy atom. The summed E-state index contributed by atoms with van der Waals surface area (Å²) in [6.07, 6.45) is -6.04. The fourth-order valence-corrected chi connectivity index (χ4v) is 8.15. The lowest BCUT2D eigenvalue weighted by molar-refractivity contribution is -0.138. The highest BCUT2D eigenvalue weighted by Crippen LogP contribution is 2.33. The molecule has 2 aliphatic heterocycles. The number of carbonyl (C=O) groups excluding carboxylic acids is 4. The second-order valence-corrected chi connectivity index (χ2v) is 17.8. The van der Waals surface area contributed by atoms with Crippen LogP contribution in [0.15, 0.2) is 109 Å². The molecule has 8 aromatic rings. The lowest BCUT2D eigenvalue weighted by Crippen LogP contribution is -2.36. The first-order valence-electron chi connectivity index (χ1n) is 23.6. The van der Waals surface area contributed by atoms with Crippen LogP contribution in [0, 0.1) is 34.9 Å². The van der Waals surface area contributed by atoms with Crippen LogP contribution in [0.1, 0.15) is 63.7 Å². The molecule has 81 heavy (non-hydrogen) atoms. The lowest BCUT2D eigenvalue weighted by atomic mass is 10.00. The van der Waals surface area contributed by atoms with Gasteiger partial charge >= 0.3 is 12.4 Å². The third kappa shape index (κ3) is 13.5. The average molecular weight is 1160 g/mol. The molecule has 4 heterocycles. The SMILES string of the molecule is Nc1cc(F)c(F)c(C(=O)c2ccc3ncc(N4CCOCC4)nc3c2)c1F.O=C(Cl)c1cccc(C(F)(F)F)c1.O=C(Nc1cc(F)c(F)c(C(=O)c2ccc3ncc(N4CCOCC4)nc3c2)c1F)c1cccc(C(F)(F)F)c1. The standard InChI is InChI=1S/C27H18F6N4O3.C19H15F3N4O2.C8H4ClF3O/c28-17-12-20(36-26(39)15-2-1-3-16(10-15)27(31,32)33)24(30)22(23(17)29)25(38)14-4-5-18-19(11-14)35-21(13-34-18)37-6-8-40-9-7-37;20-11-8-12(23)18(22)16(17(11)21)19(27)10-1-2-13-14(7-10)25-15(9-24-13)26-3-5-28-6-4-26;9-7(13)5-2-1-3-6(4-5)8(10,11)12/h1-5,10-13H,6-9H2,(H,36,39);1-2,7-9H,3-6,23H2;1-4H. The number of nitrogens with zero attached hydrogens (tertiary/aromatic N) is 6. The number of halogens is 13. The average Bonchev–Trinajstić information content (AvgIpc) is 3.47. The quantitative estimate of drug-likeness (QED) is 0.0458. The van der Waals surface area contributed by atoms with Crippen LogP contribution in [0.4, 0.5) is 75.7 Å². The molecule has 2 aliphatic rings. The fourth-order valence-electron chi connectivity index (χ4n) is 8.03. The van der Waals surface area contributed by atoms with Crippen LogP contribution in [0.5, 0.6) is 0 Å². The summed E-state index contributed by atoms with van der Waals surface area (Å²) in [7, 11) is 0. The second kappa shape index (κ2) is 24.3. The largest absolute Gasteiger partial charge is 0.416 e. The van der Waals surface area contributed by atoms with Gasteiger partial charge < -0.3 is 30.3 Å². The van der Waals surface area contributed by atoms with Crippen molar-refractivity contribution in [2.24, 2.45) is 0 Å². The van der Waals surface area contributed by atoms with Gasteiger partial charge in [-0.1, -0.05) is 18.2 Å². The van der Waals surface area contributed by atoms with Crippen LogP contribution >= 0.6 is 11.6 Å². The van der Waals surface area contributed by atoms with Gasteiger partial charge in [-0.25, -0.2) is 36.3 Å². The van der Waals surface area contributed by atoms with Crippen LogP contribution in [0.25, 0.3) is 22.1 Å². The summed E-state index contributed by atoms with van der Waals surface area (Å²) in [5.74, 6) is -11.7. The minimum absolute atomic E-state index is 0.0521. The number of hydrogen-bond donors (Lipinski definition) is 2. The van der Waals surface area contributed by atoms with Crippen molar-refractivity contribution in [2.75, 3.05) is 73.5 Å². The number of ketones is 2. The summed E-state index contributed by atoms with van der Waals surface area (Å²) < 4.78 is 172. The number of morpholine rings is 2. The van der Waals surface area contributed by atoms with Gasteiger partial charge in [-0.15, -0.1) is 0 Å². The number of alkyl halides is 6. The Labute approximate surface area is 454 Å². The maximum absolute atomic E-state index is 15.3. The van der Waals surface area contributed by atoms with E-state index >= 15 is 4.39 Å². The van der Waals surface area contributed by atoms with E-state index in [1.54, 1.807) is 12.4 Å².